The molecule has 1 atom stereocenters. The fourth-order valence-corrected chi connectivity index (χ4v) is 2.31. The molecular weight excluding hydrogens is 361 g/mol. The van der Waals surface area contributed by atoms with E-state index in [2.05, 4.69) is 21.2 Å². The highest BCUT2D eigenvalue weighted by atomic mass is 79.9. The van der Waals surface area contributed by atoms with E-state index in [0.717, 1.165) is 10.0 Å². The third kappa shape index (κ3) is 3.75. The molecule has 5 heteroatoms. The Morgan fingerprint density at radius 3 is 2.35 bits per heavy atom. The molecule has 0 spiro atoms. The van der Waals surface area contributed by atoms with Gasteiger partial charge in [-0.3, -0.25) is 4.79 Å². The monoisotopic (exact) mass is 371 g/mol. The molecule has 0 aromatic heterocycles. The molecule has 0 fully saturated rings. The normalized spacial score (nSPS) is 12.0. The zero-order valence-corrected chi connectivity index (χ0v) is 13.8. The standard InChI is InChI=1S/C15H12BrCl2NO/c1-9(10-2-5-12(16)6-3-10)19-15(20)11-4-7-13(17)14(18)8-11/h2-9H,1H3,(H,19,20)/t9-/m1/s1. The van der Waals surface area contributed by atoms with Crippen molar-refractivity contribution in [2.75, 3.05) is 0 Å². The van der Waals surface area contributed by atoms with Crippen molar-refractivity contribution in [3.63, 3.8) is 0 Å². The van der Waals surface area contributed by atoms with Gasteiger partial charge in [-0.15, -0.1) is 0 Å². The van der Waals surface area contributed by atoms with Crippen LogP contribution < -0.4 is 5.32 Å². The zero-order valence-electron chi connectivity index (χ0n) is 10.7. The Morgan fingerprint density at radius 2 is 1.75 bits per heavy atom. The Hall–Kier alpha value is -1.03. The number of carbonyl (C=O) groups is 1. The third-order valence-electron chi connectivity index (χ3n) is 2.90. The Bertz CT molecular complexity index is 628. The summed E-state index contributed by atoms with van der Waals surface area (Å²) in [4.78, 5) is 12.1. The Balaban J connectivity index is 2.10. The van der Waals surface area contributed by atoms with Crippen molar-refractivity contribution in [3.05, 3.63) is 68.1 Å². The van der Waals surface area contributed by atoms with Crippen molar-refractivity contribution in [1.82, 2.24) is 5.32 Å². The highest BCUT2D eigenvalue weighted by Gasteiger charge is 2.12. The van der Waals surface area contributed by atoms with E-state index in [1.54, 1.807) is 18.2 Å². The van der Waals surface area contributed by atoms with Crippen molar-refractivity contribution in [3.8, 4) is 0 Å². The molecule has 2 aromatic rings. The van der Waals surface area contributed by atoms with Gasteiger partial charge in [-0.05, 0) is 42.8 Å². The minimum absolute atomic E-state index is 0.0925. The van der Waals surface area contributed by atoms with Crippen LogP contribution >= 0.6 is 39.1 Å². The average molecular weight is 373 g/mol. The van der Waals surface area contributed by atoms with Gasteiger partial charge in [0.2, 0.25) is 0 Å². The fourth-order valence-electron chi connectivity index (χ4n) is 1.75. The highest BCUT2D eigenvalue weighted by molar-refractivity contribution is 9.10. The molecule has 2 nitrogen and oxygen atoms in total. The van der Waals surface area contributed by atoms with Crippen LogP contribution in [-0.2, 0) is 0 Å². The molecule has 0 saturated carbocycles. The fraction of sp³-hybridized carbons (Fsp3) is 0.133. The van der Waals surface area contributed by atoms with E-state index in [-0.39, 0.29) is 11.9 Å². The quantitative estimate of drug-likeness (QED) is 0.783. The summed E-state index contributed by atoms with van der Waals surface area (Å²) in [5.41, 5.74) is 1.52. The SMILES string of the molecule is C[C@@H](NC(=O)c1ccc(Cl)c(Cl)c1)c1ccc(Br)cc1. The van der Waals surface area contributed by atoms with Crippen LogP contribution in [0.5, 0.6) is 0 Å². The predicted octanol–water partition coefficient (Wildman–Crippen LogP) is 5.25. The van der Waals surface area contributed by atoms with Crippen LogP contribution in [0, 0.1) is 0 Å². The van der Waals surface area contributed by atoms with Crippen LogP contribution in [0.1, 0.15) is 28.9 Å². The molecule has 1 amide bonds. The predicted molar refractivity (Wildman–Crippen MR) is 86.5 cm³/mol. The summed E-state index contributed by atoms with van der Waals surface area (Å²) in [5, 5.41) is 3.73. The van der Waals surface area contributed by atoms with E-state index in [4.69, 9.17) is 23.2 Å². The van der Waals surface area contributed by atoms with Gasteiger partial charge >= 0.3 is 0 Å². The maximum absolute atomic E-state index is 12.1. The minimum atomic E-state index is -0.181. The molecule has 0 aliphatic carbocycles. The van der Waals surface area contributed by atoms with Gasteiger partial charge in [0.15, 0.2) is 0 Å². The topological polar surface area (TPSA) is 29.1 Å². The smallest absolute Gasteiger partial charge is 0.251 e. The molecule has 2 rings (SSSR count). The first-order valence-electron chi connectivity index (χ1n) is 5.99. The first-order chi connectivity index (χ1) is 9.47. The summed E-state index contributed by atoms with van der Waals surface area (Å²) in [6, 6.07) is 12.5. The Morgan fingerprint density at radius 1 is 1.10 bits per heavy atom. The van der Waals surface area contributed by atoms with E-state index >= 15 is 0 Å². The van der Waals surface area contributed by atoms with Crippen LogP contribution in [0.2, 0.25) is 10.0 Å². The molecule has 0 aliphatic heterocycles. The lowest BCUT2D eigenvalue weighted by molar-refractivity contribution is 0.0940. The van der Waals surface area contributed by atoms with E-state index in [1.807, 2.05) is 31.2 Å². The number of hydrogen-bond acceptors (Lipinski definition) is 1. The van der Waals surface area contributed by atoms with Crippen LogP contribution in [-0.4, -0.2) is 5.91 Å². The number of amides is 1. The van der Waals surface area contributed by atoms with Crippen LogP contribution in [0.4, 0.5) is 0 Å². The number of nitrogens with one attached hydrogen (secondary N) is 1. The number of hydrogen-bond donors (Lipinski definition) is 1. The van der Waals surface area contributed by atoms with E-state index in [1.165, 1.54) is 0 Å². The molecule has 0 bridgehead atoms. The van der Waals surface area contributed by atoms with Gasteiger partial charge in [-0.2, -0.15) is 0 Å². The van der Waals surface area contributed by atoms with Crippen LogP contribution in [0.25, 0.3) is 0 Å². The van der Waals surface area contributed by atoms with Crippen LogP contribution in [0.15, 0.2) is 46.9 Å². The lowest BCUT2D eigenvalue weighted by Crippen LogP contribution is -2.26. The zero-order chi connectivity index (χ0) is 14.7. The van der Waals surface area contributed by atoms with Crippen molar-refractivity contribution in [2.45, 2.75) is 13.0 Å². The largest absolute Gasteiger partial charge is 0.346 e. The third-order valence-corrected chi connectivity index (χ3v) is 4.17. The van der Waals surface area contributed by atoms with E-state index in [0.29, 0.717) is 15.6 Å². The van der Waals surface area contributed by atoms with Crippen molar-refractivity contribution in [2.24, 2.45) is 0 Å². The number of carbonyl (C=O) groups excluding carboxylic acids is 1. The van der Waals surface area contributed by atoms with Crippen molar-refractivity contribution < 1.29 is 4.79 Å². The highest BCUT2D eigenvalue weighted by Crippen LogP contribution is 2.23. The van der Waals surface area contributed by atoms with Gasteiger partial charge in [0, 0.05) is 10.0 Å². The van der Waals surface area contributed by atoms with Gasteiger partial charge in [-0.1, -0.05) is 51.3 Å². The Kier molecular flexibility index (Phi) is 5.08. The van der Waals surface area contributed by atoms with Gasteiger partial charge < -0.3 is 5.32 Å². The minimum Gasteiger partial charge on any atom is -0.346 e. The second kappa shape index (κ2) is 6.61. The second-order valence-corrected chi connectivity index (χ2v) is 6.11. The first kappa shape index (κ1) is 15.4. The summed E-state index contributed by atoms with van der Waals surface area (Å²) in [7, 11) is 0. The molecule has 0 heterocycles. The second-order valence-electron chi connectivity index (χ2n) is 4.38. The summed E-state index contributed by atoms with van der Waals surface area (Å²) in [6.45, 7) is 1.93. The molecule has 0 unspecified atom stereocenters. The molecule has 20 heavy (non-hydrogen) atoms. The molecule has 1 N–H and O–H groups in total. The van der Waals surface area contributed by atoms with E-state index in [9.17, 15) is 4.79 Å². The van der Waals surface area contributed by atoms with Crippen molar-refractivity contribution in [1.29, 1.82) is 0 Å². The maximum atomic E-state index is 12.1. The van der Waals surface area contributed by atoms with Gasteiger partial charge in [0.25, 0.3) is 5.91 Å². The van der Waals surface area contributed by atoms with Gasteiger partial charge in [0.1, 0.15) is 0 Å². The van der Waals surface area contributed by atoms with Crippen molar-refractivity contribution >= 4 is 45.0 Å². The average Bonchev–Trinajstić information content (AvgIpc) is 2.42. The molecule has 0 radical (unpaired) electrons. The molecular formula is C15H12BrCl2NO. The molecule has 104 valence electrons. The van der Waals surface area contributed by atoms with E-state index < -0.39 is 0 Å². The molecule has 0 saturated heterocycles. The molecule has 0 aliphatic rings. The summed E-state index contributed by atoms with van der Waals surface area (Å²) >= 11 is 15.1. The number of halogens is 3. The van der Waals surface area contributed by atoms with Crippen LogP contribution in [0.3, 0.4) is 0 Å². The van der Waals surface area contributed by atoms with Gasteiger partial charge in [0.05, 0.1) is 16.1 Å². The number of rotatable bonds is 3. The summed E-state index contributed by atoms with van der Waals surface area (Å²) in [5.74, 6) is -0.181. The lowest BCUT2D eigenvalue weighted by Gasteiger charge is -2.14. The Labute approximate surface area is 136 Å². The molecule has 2 aromatic carbocycles. The maximum Gasteiger partial charge on any atom is 0.251 e. The summed E-state index contributed by atoms with van der Waals surface area (Å²) < 4.78 is 1.00. The number of benzene rings is 2. The summed E-state index contributed by atoms with van der Waals surface area (Å²) in [6.07, 6.45) is 0. The lowest BCUT2D eigenvalue weighted by atomic mass is 10.1. The first-order valence-corrected chi connectivity index (χ1v) is 7.53. The van der Waals surface area contributed by atoms with Gasteiger partial charge in [-0.25, -0.2) is 0 Å².